The zero-order valence-electron chi connectivity index (χ0n) is 16.6. The van der Waals surface area contributed by atoms with E-state index in [1.807, 2.05) is 22.7 Å². The highest BCUT2D eigenvalue weighted by Crippen LogP contribution is 2.45. The molecule has 3 fully saturated rings. The van der Waals surface area contributed by atoms with E-state index in [-0.39, 0.29) is 23.8 Å². The lowest BCUT2D eigenvalue weighted by atomic mass is 9.64. The first-order valence-corrected chi connectivity index (χ1v) is 10.7. The number of nitrogens with zero attached hydrogens (tertiary/aromatic N) is 4. The van der Waals surface area contributed by atoms with Gasteiger partial charge in [-0.15, -0.1) is 0 Å². The lowest BCUT2D eigenvalue weighted by Crippen LogP contribution is -2.54. The molecule has 1 unspecified atom stereocenters. The van der Waals surface area contributed by atoms with E-state index in [0.29, 0.717) is 6.42 Å². The number of aliphatic hydroxyl groups is 1. The number of carbonyl (C=O) groups is 1. The Morgan fingerprint density at radius 3 is 2.63 bits per heavy atom. The van der Waals surface area contributed by atoms with Crippen LogP contribution in [0.2, 0.25) is 0 Å². The molecule has 3 heterocycles. The molecule has 1 amide bonds. The van der Waals surface area contributed by atoms with Gasteiger partial charge in [0, 0.05) is 57.5 Å². The third kappa shape index (κ3) is 4.21. The van der Waals surface area contributed by atoms with Crippen molar-refractivity contribution in [2.24, 2.45) is 24.3 Å². The fraction of sp³-hybridized carbons (Fsp3) is 0.810. The van der Waals surface area contributed by atoms with Crippen molar-refractivity contribution in [1.82, 2.24) is 19.6 Å². The minimum Gasteiger partial charge on any atom is -0.396 e. The van der Waals surface area contributed by atoms with Crippen molar-refractivity contribution >= 4 is 5.91 Å². The van der Waals surface area contributed by atoms with Crippen molar-refractivity contribution in [3.05, 3.63) is 18.0 Å². The summed E-state index contributed by atoms with van der Waals surface area (Å²) in [7, 11) is 1.92. The van der Waals surface area contributed by atoms with Gasteiger partial charge in [0.15, 0.2) is 0 Å². The fourth-order valence-electron chi connectivity index (χ4n) is 5.14. The standard InChI is InChI=1S/C21H34N4O2/c1-23-19(6-10-22-23)4-5-20(27)25-13-9-21(18(15-25)16-26)7-11-24(12-8-21)14-17-2-3-17/h6,10,17-18,26H,2-5,7-9,11-16H2,1H3. The number of hydrogen-bond acceptors (Lipinski definition) is 4. The molecule has 2 aliphatic heterocycles. The molecule has 0 aromatic carbocycles. The SMILES string of the molecule is Cn1nccc1CCC(=O)N1CCC2(CCN(CC3CC3)CC2)C(CO)C1. The van der Waals surface area contributed by atoms with E-state index >= 15 is 0 Å². The number of aryl methyl sites for hydroxylation is 2. The molecular formula is C21H34N4O2. The van der Waals surface area contributed by atoms with Gasteiger partial charge in [-0.05, 0) is 69.0 Å². The molecular weight excluding hydrogens is 340 g/mol. The number of aliphatic hydroxyl groups excluding tert-OH is 1. The smallest absolute Gasteiger partial charge is 0.222 e. The van der Waals surface area contributed by atoms with E-state index < -0.39 is 0 Å². The van der Waals surface area contributed by atoms with Crippen LogP contribution in [0.15, 0.2) is 12.3 Å². The first kappa shape index (κ1) is 18.9. The molecule has 6 heteroatoms. The maximum atomic E-state index is 12.7. The van der Waals surface area contributed by atoms with Gasteiger partial charge in [-0.1, -0.05) is 0 Å². The fourth-order valence-corrected chi connectivity index (χ4v) is 5.14. The molecule has 1 aromatic heterocycles. The molecule has 150 valence electrons. The monoisotopic (exact) mass is 374 g/mol. The lowest BCUT2D eigenvalue weighted by molar-refractivity contribution is -0.138. The van der Waals surface area contributed by atoms with Crippen LogP contribution < -0.4 is 0 Å². The molecule has 3 aliphatic rings. The van der Waals surface area contributed by atoms with E-state index in [2.05, 4.69) is 10.00 Å². The van der Waals surface area contributed by atoms with Gasteiger partial charge in [-0.2, -0.15) is 5.10 Å². The molecule has 2 saturated heterocycles. The summed E-state index contributed by atoms with van der Waals surface area (Å²) in [5, 5.41) is 14.3. The first-order chi connectivity index (χ1) is 13.1. The van der Waals surface area contributed by atoms with E-state index in [4.69, 9.17) is 0 Å². The third-order valence-electron chi connectivity index (χ3n) is 7.34. The van der Waals surface area contributed by atoms with Crippen molar-refractivity contribution in [2.45, 2.75) is 44.9 Å². The Kier molecular flexibility index (Phi) is 5.55. The highest BCUT2D eigenvalue weighted by molar-refractivity contribution is 5.76. The quantitative estimate of drug-likeness (QED) is 0.823. The third-order valence-corrected chi connectivity index (χ3v) is 7.34. The predicted octanol–water partition coefficient (Wildman–Crippen LogP) is 1.69. The Bertz CT molecular complexity index is 646. The minimum atomic E-state index is 0.203. The van der Waals surface area contributed by atoms with Gasteiger partial charge in [0.05, 0.1) is 0 Å². The molecule has 1 N–H and O–H groups in total. The zero-order chi connectivity index (χ0) is 18.9. The summed E-state index contributed by atoms with van der Waals surface area (Å²) in [5.41, 5.74) is 1.34. The topological polar surface area (TPSA) is 61.6 Å². The van der Waals surface area contributed by atoms with E-state index in [9.17, 15) is 9.90 Å². The number of amides is 1. The summed E-state index contributed by atoms with van der Waals surface area (Å²) in [4.78, 5) is 17.4. The molecule has 1 spiro atoms. The second-order valence-electron chi connectivity index (χ2n) is 9.02. The lowest BCUT2D eigenvalue weighted by Gasteiger charge is -2.51. The number of hydrogen-bond donors (Lipinski definition) is 1. The van der Waals surface area contributed by atoms with Gasteiger partial charge in [0.25, 0.3) is 0 Å². The van der Waals surface area contributed by atoms with Gasteiger partial charge >= 0.3 is 0 Å². The minimum absolute atomic E-state index is 0.203. The predicted molar refractivity (Wildman–Crippen MR) is 104 cm³/mol. The summed E-state index contributed by atoms with van der Waals surface area (Å²) < 4.78 is 1.84. The molecule has 1 saturated carbocycles. The normalized spacial score (nSPS) is 25.9. The van der Waals surface area contributed by atoms with Crippen LogP contribution in [-0.4, -0.2) is 69.9 Å². The van der Waals surface area contributed by atoms with E-state index in [1.54, 1.807) is 6.20 Å². The highest BCUT2D eigenvalue weighted by atomic mass is 16.3. The zero-order valence-corrected chi connectivity index (χ0v) is 16.6. The van der Waals surface area contributed by atoms with Gasteiger partial charge in [-0.25, -0.2) is 0 Å². The van der Waals surface area contributed by atoms with Gasteiger partial charge in [0.2, 0.25) is 5.91 Å². The van der Waals surface area contributed by atoms with Gasteiger partial charge in [0.1, 0.15) is 0 Å². The number of aromatic nitrogens is 2. The number of carbonyl (C=O) groups excluding carboxylic acids is 1. The molecule has 1 aromatic rings. The Hall–Kier alpha value is -1.40. The first-order valence-electron chi connectivity index (χ1n) is 10.7. The largest absolute Gasteiger partial charge is 0.396 e. The number of likely N-dealkylation sites (tertiary alicyclic amines) is 2. The maximum absolute atomic E-state index is 12.7. The summed E-state index contributed by atoms with van der Waals surface area (Å²) >= 11 is 0. The average Bonchev–Trinajstić information content (AvgIpc) is 3.41. The van der Waals surface area contributed by atoms with Crippen LogP contribution >= 0.6 is 0 Å². The van der Waals surface area contributed by atoms with Crippen molar-refractivity contribution in [3.8, 4) is 0 Å². The van der Waals surface area contributed by atoms with Gasteiger partial charge in [-0.3, -0.25) is 9.48 Å². The van der Waals surface area contributed by atoms with Crippen LogP contribution in [0.1, 0.15) is 44.2 Å². The summed E-state index contributed by atoms with van der Waals surface area (Å²) in [6, 6.07) is 1.98. The maximum Gasteiger partial charge on any atom is 0.222 e. The van der Waals surface area contributed by atoms with Crippen molar-refractivity contribution in [1.29, 1.82) is 0 Å². The summed E-state index contributed by atoms with van der Waals surface area (Å²) in [6.07, 6.45) is 9.28. The Morgan fingerprint density at radius 1 is 1.26 bits per heavy atom. The Labute approximate surface area is 162 Å². The molecule has 1 atom stereocenters. The molecule has 6 nitrogen and oxygen atoms in total. The van der Waals surface area contributed by atoms with Crippen LogP contribution in [0.3, 0.4) is 0 Å². The molecule has 4 rings (SSSR count). The Morgan fingerprint density at radius 2 is 2.00 bits per heavy atom. The molecule has 0 bridgehead atoms. The van der Waals surface area contributed by atoms with Crippen molar-refractivity contribution in [3.63, 3.8) is 0 Å². The molecule has 0 radical (unpaired) electrons. The number of rotatable bonds is 6. The van der Waals surface area contributed by atoms with Crippen LogP contribution in [-0.2, 0) is 18.3 Å². The Balaban J connectivity index is 1.30. The molecule has 1 aliphatic carbocycles. The van der Waals surface area contributed by atoms with Crippen LogP contribution in [0.4, 0.5) is 0 Å². The summed E-state index contributed by atoms with van der Waals surface area (Å²) in [5.74, 6) is 1.40. The van der Waals surface area contributed by atoms with Crippen LogP contribution in [0.25, 0.3) is 0 Å². The highest BCUT2D eigenvalue weighted by Gasteiger charge is 2.45. The second-order valence-corrected chi connectivity index (χ2v) is 9.02. The van der Waals surface area contributed by atoms with Crippen LogP contribution in [0, 0.1) is 17.3 Å². The van der Waals surface area contributed by atoms with Gasteiger partial charge < -0.3 is 14.9 Å². The average molecular weight is 375 g/mol. The van der Waals surface area contributed by atoms with E-state index in [0.717, 1.165) is 37.5 Å². The van der Waals surface area contributed by atoms with Crippen molar-refractivity contribution < 1.29 is 9.90 Å². The van der Waals surface area contributed by atoms with Crippen molar-refractivity contribution in [2.75, 3.05) is 39.3 Å². The van der Waals surface area contributed by atoms with E-state index in [1.165, 1.54) is 45.3 Å². The number of piperidine rings is 2. The second kappa shape index (κ2) is 7.92. The van der Waals surface area contributed by atoms with Crippen LogP contribution in [0.5, 0.6) is 0 Å². The summed E-state index contributed by atoms with van der Waals surface area (Å²) in [6.45, 7) is 5.39. The molecule has 27 heavy (non-hydrogen) atoms.